The number of carbonyl (C=O) groups excluding carboxylic acids is 1. The van der Waals surface area contributed by atoms with Crippen molar-refractivity contribution in [3.05, 3.63) is 41.5 Å². The molecule has 0 saturated heterocycles. The molecule has 0 spiro atoms. The SMILES string of the molecule is O=C(NC1=NCCS1)c1nc(-c2ccc(F)cc2)n2c1CCCCC2. The van der Waals surface area contributed by atoms with Crippen molar-refractivity contribution < 1.29 is 9.18 Å². The topological polar surface area (TPSA) is 59.3 Å². The summed E-state index contributed by atoms with van der Waals surface area (Å²) in [5.41, 5.74) is 2.27. The number of rotatable bonds is 2. The van der Waals surface area contributed by atoms with Crippen molar-refractivity contribution in [2.45, 2.75) is 32.2 Å². The molecule has 0 radical (unpaired) electrons. The average molecular weight is 358 g/mol. The summed E-state index contributed by atoms with van der Waals surface area (Å²) in [7, 11) is 0. The van der Waals surface area contributed by atoms with E-state index in [4.69, 9.17) is 0 Å². The Balaban J connectivity index is 1.73. The van der Waals surface area contributed by atoms with E-state index < -0.39 is 0 Å². The minimum atomic E-state index is -0.277. The fraction of sp³-hybridized carbons (Fsp3) is 0.389. The van der Waals surface area contributed by atoms with Crippen LogP contribution in [-0.4, -0.2) is 32.9 Å². The van der Waals surface area contributed by atoms with Crippen LogP contribution in [0.25, 0.3) is 11.4 Å². The molecule has 1 aromatic carbocycles. The molecule has 4 rings (SSSR count). The third-order valence-corrected chi connectivity index (χ3v) is 5.38. The highest BCUT2D eigenvalue weighted by molar-refractivity contribution is 8.14. The third-order valence-electron chi connectivity index (χ3n) is 4.49. The summed E-state index contributed by atoms with van der Waals surface area (Å²) in [6.07, 6.45) is 4.07. The van der Waals surface area contributed by atoms with Gasteiger partial charge >= 0.3 is 0 Å². The number of amidine groups is 1. The first-order chi connectivity index (χ1) is 12.2. The van der Waals surface area contributed by atoms with Crippen LogP contribution in [0.15, 0.2) is 29.3 Å². The molecule has 5 nitrogen and oxygen atoms in total. The van der Waals surface area contributed by atoms with Gasteiger partial charge in [-0.15, -0.1) is 0 Å². The predicted molar refractivity (Wildman–Crippen MR) is 97.4 cm³/mol. The maximum atomic E-state index is 13.3. The minimum absolute atomic E-state index is 0.202. The molecule has 130 valence electrons. The number of halogens is 1. The Morgan fingerprint density at radius 2 is 2.04 bits per heavy atom. The van der Waals surface area contributed by atoms with Crippen molar-refractivity contribution >= 4 is 22.8 Å². The molecule has 0 fully saturated rings. The Morgan fingerprint density at radius 3 is 2.80 bits per heavy atom. The Bertz CT molecular complexity index is 828. The normalized spacial score (nSPS) is 16.9. The van der Waals surface area contributed by atoms with Gasteiger partial charge in [0.15, 0.2) is 5.17 Å². The molecular formula is C18H19FN4OS. The summed E-state index contributed by atoms with van der Waals surface area (Å²) in [5, 5.41) is 3.55. The number of benzene rings is 1. The van der Waals surface area contributed by atoms with Crippen molar-refractivity contribution in [2.24, 2.45) is 4.99 Å². The monoisotopic (exact) mass is 358 g/mol. The lowest BCUT2D eigenvalue weighted by Crippen LogP contribution is -2.28. The van der Waals surface area contributed by atoms with Crippen LogP contribution in [0.2, 0.25) is 0 Å². The van der Waals surface area contributed by atoms with Crippen molar-refractivity contribution in [3.8, 4) is 11.4 Å². The second-order valence-electron chi connectivity index (χ2n) is 6.19. The predicted octanol–water partition coefficient (Wildman–Crippen LogP) is 3.25. The van der Waals surface area contributed by atoms with Crippen LogP contribution in [0.4, 0.5) is 4.39 Å². The summed E-state index contributed by atoms with van der Waals surface area (Å²) in [6, 6.07) is 6.29. The largest absolute Gasteiger partial charge is 0.327 e. The van der Waals surface area contributed by atoms with E-state index in [1.54, 1.807) is 23.9 Å². The smallest absolute Gasteiger partial charge is 0.277 e. The molecule has 3 heterocycles. The Hall–Kier alpha value is -2.15. The molecule has 1 amide bonds. The molecule has 7 heteroatoms. The number of thioether (sulfide) groups is 1. The number of imidazole rings is 1. The molecule has 2 aromatic rings. The van der Waals surface area contributed by atoms with E-state index in [0.717, 1.165) is 61.6 Å². The van der Waals surface area contributed by atoms with E-state index in [2.05, 4.69) is 19.9 Å². The van der Waals surface area contributed by atoms with E-state index in [1.165, 1.54) is 12.1 Å². The Morgan fingerprint density at radius 1 is 1.20 bits per heavy atom. The Labute approximate surface area is 149 Å². The summed E-state index contributed by atoms with van der Waals surface area (Å²) in [6.45, 7) is 1.57. The van der Waals surface area contributed by atoms with Crippen LogP contribution < -0.4 is 5.32 Å². The number of aliphatic imine (C=N–C) groups is 1. The van der Waals surface area contributed by atoms with Crippen molar-refractivity contribution in [1.82, 2.24) is 14.9 Å². The number of carbonyl (C=O) groups is 1. The van der Waals surface area contributed by atoms with Crippen molar-refractivity contribution in [1.29, 1.82) is 0 Å². The van der Waals surface area contributed by atoms with Crippen LogP contribution in [0.1, 0.15) is 35.4 Å². The first-order valence-corrected chi connectivity index (χ1v) is 9.55. The van der Waals surface area contributed by atoms with E-state index in [-0.39, 0.29) is 11.7 Å². The first kappa shape index (κ1) is 16.3. The van der Waals surface area contributed by atoms with E-state index >= 15 is 0 Å². The molecule has 0 aliphatic carbocycles. The summed E-state index contributed by atoms with van der Waals surface area (Å²) < 4.78 is 15.4. The summed E-state index contributed by atoms with van der Waals surface area (Å²) in [4.78, 5) is 21.7. The zero-order chi connectivity index (χ0) is 17.2. The van der Waals surface area contributed by atoms with Gasteiger partial charge in [-0.2, -0.15) is 0 Å². The van der Waals surface area contributed by atoms with Crippen LogP contribution in [0.3, 0.4) is 0 Å². The van der Waals surface area contributed by atoms with Crippen molar-refractivity contribution in [2.75, 3.05) is 12.3 Å². The molecule has 1 N–H and O–H groups in total. The zero-order valence-corrected chi connectivity index (χ0v) is 14.6. The number of hydrogen-bond donors (Lipinski definition) is 1. The van der Waals surface area contributed by atoms with Gasteiger partial charge in [0.05, 0.1) is 12.2 Å². The molecular weight excluding hydrogens is 339 g/mol. The van der Waals surface area contributed by atoms with Crippen LogP contribution in [0.5, 0.6) is 0 Å². The number of fused-ring (bicyclic) bond motifs is 1. The maximum absolute atomic E-state index is 13.3. The van der Waals surface area contributed by atoms with Gasteiger partial charge in [0.1, 0.15) is 17.3 Å². The third kappa shape index (κ3) is 3.33. The van der Waals surface area contributed by atoms with Gasteiger partial charge in [-0.25, -0.2) is 9.37 Å². The van der Waals surface area contributed by atoms with Gasteiger partial charge < -0.3 is 4.57 Å². The molecule has 2 aliphatic heterocycles. The number of nitrogens with zero attached hydrogens (tertiary/aromatic N) is 3. The number of hydrogen-bond acceptors (Lipinski definition) is 4. The van der Waals surface area contributed by atoms with E-state index in [0.29, 0.717) is 10.9 Å². The maximum Gasteiger partial charge on any atom is 0.277 e. The van der Waals surface area contributed by atoms with Crippen molar-refractivity contribution in [3.63, 3.8) is 0 Å². The number of aromatic nitrogens is 2. The molecule has 1 aromatic heterocycles. The van der Waals surface area contributed by atoms with Crippen LogP contribution >= 0.6 is 11.8 Å². The Kier molecular flexibility index (Phi) is 4.57. The fourth-order valence-electron chi connectivity index (χ4n) is 3.29. The molecule has 0 unspecified atom stereocenters. The highest BCUT2D eigenvalue weighted by atomic mass is 32.2. The first-order valence-electron chi connectivity index (χ1n) is 8.56. The van der Waals surface area contributed by atoms with Gasteiger partial charge in [0.25, 0.3) is 5.91 Å². The van der Waals surface area contributed by atoms with Gasteiger partial charge in [0, 0.05) is 17.9 Å². The van der Waals surface area contributed by atoms with Gasteiger partial charge in [-0.05, 0) is 43.5 Å². The lowest BCUT2D eigenvalue weighted by atomic mass is 10.1. The summed E-state index contributed by atoms with van der Waals surface area (Å²) in [5.74, 6) is 1.16. The highest BCUT2D eigenvalue weighted by Crippen LogP contribution is 2.27. The van der Waals surface area contributed by atoms with Gasteiger partial charge in [0.2, 0.25) is 0 Å². The fourth-order valence-corrected chi connectivity index (χ4v) is 4.01. The number of nitrogens with one attached hydrogen (secondary N) is 1. The average Bonchev–Trinajstić information content (AvgIpc) is 3.17. The number of amides is 1. The van der Waals surface area contributed by atoms with Crippen LogP contribution in [0, 0.1) is 5.82 Å². The lowest BCUT2D eigenvalue weighted by molar-refractivity contribution is 0.0972. The second-order valence-corrected chi connectivity index (χ2v) is 7.27. The van der Waals surface area contributed by atoms with E-state index in [1.807, 2.05) is 0 Å². The minimum Gasteiger partial charge on any atom is -0.327 e. The highest BCUT2D eigenvalue weighted by Gasteiger charge is 2.25. The zero-order valence-electron chi connectivity index (χ0n) is 13.8. The lowest BCUT2D eigenvalue weighted by Gasteiger charge is -2.09. The quantitative estimate of drug-likeness (QED) is 0.896. The summed E-state index contributed by atoms with van der Waals surface area (Å²) >= 11 is 1.55. The molecule has 0 saturated carbocycles. The molecule has 0 bridgehead atoms. The van der Waals surface area contributed by atoms with Gasteiger partial charge in [-0.1, -0.05) is 18.2 Å². The standard InChI is InChI=1S/C18H19FN4OS/c19-13-7-5-12(6-8-13)16-21-15(14-4-2-1-3-10-23(14)16)17(24)22-18-20-9-11-25-18/h5-8H,1-4,9-11H2,(H,20,22,24). The second kappa shape index (κ2) is 7.00. The van der Waals surface area contributed by atoms with Crippen LogP contribution in [-0.2, 0) is 13.0 Å². The molecule has 2 aliphatic rings. The molecule has 0 atom stereocenters. The van der Waals surface area contributed by atoms with Gasteiger partial charge in [-0.3, -0.25) is 15.1 Å². The molecule has 25 heavy (non-hydrogen) atoms. The van der Waals surface area contributed by atoms with E-state index in [9.17, 15) is 9.18 Å².